The van der Waals surface area contributed by atoms with Crippen LogP contribution < -0.4 is 10.7 Å². The Balaban J connectivity index is 1.52. The molecular formula is C22H21NO3. The molecule has 1 aromatic heterocycles. The number of benzene rings is 2. The van der Waals surface area contributed by atoms with Crippen LogP contribution in [0, 0.1) is 0 Å². The van der Waals surface area contributed by atoms with Crippen molar-refractivity contribution in [1.29, 1.82) is 0 Å². The van der Waals surface area contributed by atoms with Gasteiger partial charge in [-0.2, -0.15) is 0 Å². The van der Waals surface area contributed by atoms with Crippen LogP contribution in [0.1, 0.15) is 54.1 Å². The van der Waals surface area contributed by atoms with Crippen molar-refractivity contribution >= 4 is 22.6 Å². The highest BCUT2D eigenvalue weighted by molar-refractivity contribution is 6.02. The molecular weight excluding hydrogens is 326 g/mol. The van der Waals surface area contributed by atoms with Gasteiger partial charge in [-0.25, -0.2) is 0 Å². The van der Waals surface area contributed by atoms with Gasteiger partial charge in [0, 0.05) is 11.8 Å². The fourth-order valence-corrected chi connectivity index (χ4v) is 3.68. The van der Waals surface area contributed by atoms with Gasteiger partial charge in [-0.05, 0) is 48.6 Å². The molecule has 1 heterocycles. The summed E-state index contributed by atoms with van der Waals surface area (Å²) in [5, 5.41) is 3.28. The highest BCUT2D eigenvalue weighted by Crippen LogP contribution is 2.33. The lowest BCUT2D eigenvalue weighted by atomic mass is 9.84. The molecule has 0 spiro atoms. The first-order valence-corrected chi connectivity index (χ1v) is 9.15. The van der Waals surface area contributed by atoms with Gasteiger partial charge in [0.2, 0.25) is 0 Å². The molecule has 3 aromatic rings. The summed E-state index contributed by atoms with van der Waals surface area (Å²) in [7, 11) is 0. The number of hydrogen-bond donors (Lipinski definition) is 1. The molecule has 4 nitrogen and oxygen atoms in total. The number of hydrogen-bond acceptors (Lipinski definition) is 3. The minimum Gasteiger partial charge on any atom is -0.451 e. The van der Waals surface area contributed by atoms with E-state index in [0.717, 1.165) is 0 Å². The van der Waals surface area contributed by atoms with Crippen molar-refractivity contribution in [3.63, 3.8) is 0 Å². The van der Waals surface area contributed by atoms with Gasteiger partial charge in [-0.15, -0.1) is 0 Å². The van der Waals surface area contributed by atoms with Gasteiger partial charge >= 0.3 is 0 Å². The SMILES string of the molecule is O=C(Nc1ccc(C2CCCCC2)cc1)c1cc(=O)c2ccccc2o1. The van der Waals surface area contributed by atoms with E-state index < -0.39 is 5.91 Å². The number of para-hydroxylation sites is 1. The fourth-order valence-electron chi connectivity index (χ4n) is 3.68. The average molecular weight is 347 g/mol. The molecule has 26 heavy (non-hydrogen) atoms. The summed E-state index contributed by atoms with van der Waals surface area (Å²) in [6.07, 6.45) is 6.41. The van der Waals surface area contributed by atoms with Crippen LogP contribution in [-0.2, 0) is 0 Å². The van der Waals surface area contributed by atoms with Crippen molar-refractivity contribution in [2.24, 2.45) is 0 Å². The summed E-state index contributed by atoms with van der Waals surface area (Å²) in [6, 6.07) is 16.2. The lowest BCUT2D eigenvalue weighted by Gasteiger charge is -2.22. The van der Waals surface area contributed by atoms with Gasteiger partial charge in [-0.3, -0.25) is 9.59 Å². The van der Waals surface area contributed by atoms with E-state index in [1.54, 1.807) is 24.3 Å². The molecule has 2 aromatic carbocycles. The Morgan fingerprint density at radius 3 is 2.46 bits per heavy atom. The monoisotopic (exact) mass is 347 g/mol. The van der Waals surface area contributed by atoms with Crippen molar-refractivity contribution in [2.75, 3.05) is 5.32 Å². The molecule has 0 aliphatic heterocycles. The molecule has 0 bridgehead atoms. The van der Waals surface area contributed by atoms with Crippen LogP contribution >= 0.6 is 0 Å². The molecule has 0 saturated heterocycles. The lowest BCUT2D eigenvalue weighted by molar-refractivity contribution is 0.0997. The number of nitrogens with one attached hydrogen (secondary N) is 1. The maximum absolute atomic E-state index is 12.5. The van der Waals surface area contributed by atoms with Gasteiger partial charge in [0.25, 0.3) is 5.91 Å². The maximum Gasteiger partial charge on any atom is 0.291 e. The Morgan fingerprint density at radius 2 is 1.69 bits per heavy atom. The number of amides is 1. The van der Waals surface area contributed by atoms with Crippen LogP contribution in [0.5, 0.6) is 0 Å². The second kappa shape index (κ2) is 7.16. The fraction of sp³-hybridized carbons (Fsp3) is 0.273. The molecule has 132 valence electrons. The van der Waals surface area contributed by atoms with Crippen LogP contribution in [0.15, 0.2) is 63.8 Å². The molecule has 1 saturated carbocycles. The van der Waals surface area contributed by atoms with Crippen molar-refractivity contribution in [3.05, 3.63) is 76.1 Å². The smallest absolute Gasteiger partial charge is 0.291 e. The quantitative estimate of drug-likeness (QED) is 0.717. The van der Waals surface area contributed by atoms with Crippen molar-refractivity contribution < 1.29 is 9.21 Å². The van der Waals surface area contributed by atoms with Crippen LogP contribution in [0.4, 0.5) is 5.69 Å². The van der Waals surface area contributed by atoms with Gasteiger partial charge in [0.15, 0.2) is 11.2 Å². The highest BCUT2D eigenvalue weighted by atomic mass is 16.3. The first-order valence-electron chi connectivity index (χ1n) is 9.15. The summed E-state index contributed by atoms with van der Waals surface area (Å²) >= 11 is 0. The number of anilines is 1. The first-order chi connectivity index (χ1) is 12.7. The van der Waals surface area contributed by atoms with E-state index in [2.05, 4.69) is 17.4 Å². The summed E-state index contributed by atoms with van der Waals surface area (Å²) in [5.74, 6) is 0.232. The second-order valence-corrected chi connectivity index (χ2v) is 6.88. The standard InChI is InChI=1S/C22H21NO3/c24-19-14-21(26-20-9-5-4-8-18(19)20)22(25)23-17-12-10-16(11-13-17)15-6-2-1-3-7-15/h4-5,8-15H,1-3,6-7H2,(H,23,25). The lowest BCUT2D eigenvalue weighted by Crippen LogP contribution is -2.15. The first kappa shape index (κ1) is 16.6. The largest absolute Gasteiger partial charge is 0.451 e. The number of carbonyl (C=O) groups is 1. The summed E-state index contributed by atoms with van der Waals surface area (Å²) in [4.78, 5) is 24.6. The predicted octanol–water partition coefficient (Wildman–Crippen LogP) is 5.09. The normalized spacial score (nSPS) is 15.1. The molecule has 0 unspecified atom stereocenters. The van der Waals surface area contributed by atoms with Gasteiger partial charge < -0.3 is 9.73 Å². The molecule has 1 aliphatic carbocycles. The Labute approximate surface area is 151 Å². The van der Waals surface area contributed by atoms with Crippen LogP contribution in [0.2, 0.25) is 0 Å². The van der Waals surface area contributed by atoms with Gasteiger partial charge in [0.1, 0.15) is 5.58 Å². The highest BCUT2D eigenvalue weighted by Gasteiger charge is 2.16. The van der Waals surface area contributed by atoms with Crippen LogP contribution in [0.25, 0.3) is 11.0 Å². The molecule has 4 rings (SSSR count). The number of rotatable bonds is 3. The van der Waals surface area contributed by atoms with Crippen molar-refractivity contribution in [1.82, 2.24) is 0 Å². The third kappa shape index (κ3) is 3.40. The topological polar surface area (TPSA) is 59.3 Å². The third-order valence-corrected chi connectivity index (χ3v) is 5.10. The molecule has 0 atom stereocenters. The van der Waals surface area contributed by atoms with E-state index in [0.29, 0.717) is 22.6 Å². The minimum absolute atomic E-state index is 0.0186. The zero-order valence-electron chi connectivity index (χ0n) is 14.5. The van der Waals surface area contributed by atoms with E-state index in [4.69, 9.17) is 4.42 Å². The predicted molar refractivity (Wildman–Crippen MR) is 103 cm³/mol. The Hall–Kier alpha value is -2.88. The van der Waals surface area contributed by atoms with E-state index >= 15 is 0 Å². The number of carbonyl (C=O) groups excluding carboxylic acids is 1. The molecule has 1 aliphatic rings. The van der Waals surface area contributed by atoms with Gasteiger partial charge in [0.05, 0.1) is 5.39 Å². The van der Waals surface area contributed by atoms with Crippen LogP contribution in [0.3, 0.4) is 0 Å². The zero-order chi connectivity index (χ0) is 17.9. The van der Waals surface area contributed by atoms with E-state index in [-0.39, 0.29) is 11.2 Å². The zero-order valence-corrected chi connectivity index (χ0v) is 14.5. The molecule has 1 N–H and O–H groups in total. The van der Waals surface area contributed by atoms with Gasteiger partial charge in [-0.1, -0.05) is 43.5 Å². The van der Waals surface area contributed by atoms with Crippen LogP contribution in [-0.4, -0.2) is 5.91 Å². The average Bonchev–Trinajstić information content (AvgIpc) is 2.69. The maximum atomic E-state index is 12.5. The Morgan fingerprint density at radius 1 is 0.962 bits per heavy atom. The second-order valence-electron chi connectivity index (χ2n) is 6.88. The molecule has 1 amide bonds. The Kier molecular flexibility index (Phi) is 4.57. The summed E-state index contributed by atoms with van der Waals surface area (Å²) < 4.78 is 5.58. The molecule has 4 heteroatoms. The molecule has 0 radical (unpaired) electrons. The van der Waals surface area contributed by atoms with Crippen molar-refractivity contribution in [2.45, 2.75) is 38.0 Å². The van der Waals surface area contributed by atoms with E-state index in [9.17, 15) is 9.59 Å². The third-order valence-electron chi connectivity index (χ3n) is 5.10. The Bertz CT molecular complexity index is 982. The summed E-state index contributed by atoms with van der Waals surface area (Å²) in [5.41, 5.74) is 2.23. The number of fused-ring (bicyclic) bond motifs is 1. The minimum atomic E-state index is -0.418. The van der Waals surface area contributed by atoms with E-state index in [1.807, 2.05) is 12.1 Å². The van der Waals surface area contributed by atoms with E-state index in [1.165, 1.54) is 43.7 Å². The van der Waals surface area contributed by atoms with Crippen molar-refractivity contribution in [3.8, 4) is 0 Å². The summed E-state index contributed by atoms with van der Waals surface area (Å²) in [6.45, 7) is 0. The molecule has 1 fully saturated rings.